The number of likely N-dealkylation sites (tertiary alicyclic amines) is 1. The van der Waals surface area contributed by atoms with Crippen molar-refractivity contribution in [1.82, 2.24) is 4.90 Å². The van der Waals surface area contributed by atoms with Crippen LogP contribution in [0.2, 0.25) is 0 Å². The number of carbonyl (C=O) groups is 1. The van der Waals surface area contributed by atoms with Crippen molar-refractivity contribution >= 4 is 5.78 Å². The summed E-state index contributed by atoms with van der Waals surface area (Å²) in [5.74, 6) is 0.811. The highest BCUT2D eigenvalue weighted by Crippen LogP contribution is 2.33. The van der Waals surface area contributed by atoms with Gasteiger partial charge in [-0.3, -0.25) is 4.79 Å². The van der Waals surface area contributed by atoms with Crippen molar-refractivity contribution in [3.05, 3.63) is 95.6 Å². The molecule has 1 heterocycles. The van der Waals surface area contributed by atoms with Crippen LogP contribution in [-0.2, 0) is 9.53 Å². The van der Waals surface area contributed by atoms with E-state index in [9.17, 15) is 4.79 Å². The molecule has 3 heteroatoms. The highest BCUT2D eigenvalue weighted by molar-refractivity contribution is 5.98. The summed E-state index contributed by atoms with van der Waals surface area (Å²) in [4.78, 5) is 15.2. The lowest BCUT2D eigenvalue weighted by Crippen LogP contribution is -2.38. The van der Waals surface area contributed by atoms with Crippen LogP contribution in [-0.4, -0.2) is 36.4 Å². The molecular weight excluding hydrogens is 430 g/mol. The monoisotopic (exact) mass is 471 g/mol. The number of ketones is 1. The van der Waals surface area contributed by atoms with E-state index < -0.39 is 0 Å². The van der Waals surface area contributed by atoms with Crippen LogP contribution in [0.5, 0.6) is 0 Å². The molecular formula is C32H41NO2. The van der Waals surface area contributed by atoms with Crippen molar-refractivity contribution in [3.8, 4) is 0 Å². The fourth-order valence-electron chi connectivity index (χ4n) is 5.14. The minimum Gasteiger partial charge on any atom is -0.365 e. The normalized spacial score (nSPS) is 19.7. The predicted octanol–water partition coefficient (Wildman–Crippen LogP) is 7.15. The van der Waals surface area contributed by atoms with Crippen LogP contribution < -0.4 is 0 Å². The smallest absolute Gasteiger partial charge is 0.162 e. The van der Waals surface area contributed by atoms with Crippen LogP contribution in [0.25, 0.3) is 0 Å². The van der Waals surface area contributed by atoms with E-state index in [-0.39, 0.29) is 17.6 Å². The molecule has 1 aliphatic carbocycles. The zero-order chi connectivity index (χ0) is 24.7. The maximum Gasteiger partial charge on any atom is 0.162 e. The third-order valence-electron chi connectivity index (χ3n) is 7.48. The summed E-state index contributed by atoms with van der Waals surface area (Å²) < 4.78 is 6.67. The Hall–Kier alpha value is -2.49. The zero-order valence-electron chi connectivity index (χ0n) is 21.7. The summed E-state index contributed by atoms with van der Waals surface area (Å²) in [6.45, 7) is 9.85. The molecule has 2 aliphatic rings. The molecule has 0 saturated carbocycles. The largest absolute Gasteiger partial charge is 0.365 e. The van der Waals surface area contributed by atoms with E-state index in [1.807, 2.05) is 0 Å². The van der Waals surface area contributed by atoms with E-state index in [0.717, 1.165) is 50.9 Å². The van der Waals surface area contributed by atoms with Gasteiger partial charge in [-0.15, -0.1) is 0 Å². The van der Waals surface area contributed by atoms with Crippen LogP contribution in [0.1, 0.15) is 70.1 Å². The predicted molar refractivity (Wildman–Crippen MR) is 144 cm³/mol. The fraction of sp³-hybridized carbons (Fsp3) is 0.469. The van der Waals surface area contributed by atoms with Gasteiger partial charge in [-0.2, -0.15) is 0 Å². The maximum atomic E-state index is 12.7. The number of benzene rings is 2. The molecule has 0 spiro atoms. The molecule has 0 amide bonds. The second-order valence-electron chi connectivity index (χ2n) is 11.1. The van der Waals surface area contributed by atoms with Crippen molar-refractivity contribution < 1.29 is 9.53 Å². The van der Waals surface area contributed by atoms with Crippen molar-refractivity contribution in [2.75, 3.05) is 19.6 Å². The van der Waals surface area contributed by atoms with Gasteiger partial charge in [-0.25, -0.2) is 0 Å². The van der Waals surface area contributed by atoms with Crippen LogP contribution in [0.3, 0.4) is 0 Å². The Bertz CT molecular complexity index is 955. The SMILES string of the molecule is CC(C)(C)C1C=CC(C(=O)CCCN2CCC(OC(c3ccccc3)c3ccccc3)CC2)=CC1. The molecule has 0 radical (unpaired) electrons. The number of piperidine rings is 1. The number of ether oxygens (including phenoxy) is 1. The van der Waals surface area contributed by atoms with E-state index in [4.69, 9.17) is 4.74 Å². The lowest BCUT2D eigenvalue weighted by atomic mass is 9.76. The van der Waals surface area contributed by atoms with Crippen molar-refractivity contribution in [3.63, 3.8) is 0 Å². The number of nitrogens with zero attached hydrogens (tertiary/aromatic N) is 1. The lowest BCUT2D eigenvalue weighted by Gasteiger charge is -2.34. The quantitative estimate of drug-likeness (QED) is 0.389. The van der Waals surface area contributed by atoms with E-state index in [2.05, 4.69) is 105 Å². The Morgan fingerprint density at radius 1 is 0.971 bits per heavy atom. The molecule has 1 saturated heterocycles. The van der Waals surface area contributed by atoms with Gasteiger partial charge in [0, 0.05) is 25.1 Å². The number of hydrogen-bond donors (Lipinski definition) is 0. The second kappa shape index (κ2) is 12.0. The van der Waals surface area contributed by atoms with Gasteiger partial charge in [0.05, 0.1) is 6.10 Å². The van der Waals surface area contributed by atoms with Crippen molar-refractivity contribution in [2.24, 2.45) is 11.3 Å². The molecule has 1 atom stereocenters. The highest BCUT2D eigenvalue weighted by atomic mass is 16.5. The first-order valence-corrected chi connectivity index (χ1v) is 13.3. The van der Waals surface area contributed by atoms with Gasteiger partial charge in [-0.05, 0) is 54.7 Å². The van der Waals surface area contributed by atoms with Gasteiger partial charge in [-0.1, -0.05) is 99.7 Å². The molecule has 1 aliphatic heterocycles. The van der Waals surface area contributed by atoms with E-state index in [0.29, 0.717) is 18.1 Å². The Labute approximate surface area is 211 Å². The molecule has 0 N–H and O–H groups in total. The third-order valence-corrected chi connectivity index (χ3v) is 7.48. The van der Waals surface area contributed by atoms with Crippen LogP contribution in [0, 0.1) is 11.3 Å². The molecule has 2 aromatic rings. The Kier molecular flexibility index (Phi) is 8.75. The van der Waals surface area contributed by atoms with Gasteiger partial charge in [0.25, 0.3) is 0 Å². The Balaban J connectivity index is 1.22. The highest BCUT2D eigenvalue weighted by Gasteiger charge is 2.26. The molecule has 2 aromatic carbocycles. The van der Waals surface area contributed by atoms with Crippen LogP contribution in [0.15, 0.2) is 84.5 Å². The number of allylic oxidation sites excluding steroid dienone is 4. The van der Waals surface area contributed by atoms with Gasteiger partial charge >= 0.3 is 0 Å². The van der Waals surface area contributed by atoms with E-state index >= 15 is 0 Å². The van der Waals surface area contributed by atoms with E-state index in [1.54, 1.807) is 0 Å². The first-order chi connectivity index (χ1) is 16.9. The lowest BCUT2D eigenvalue weighted by molar-refractivity contribution is -0.115. The minimum atomic E-state index is -0.0266. The minimum absolute atomic E-state index is 0.0266. The first kappa shape index (κ1) is 25.6. The molecule has 1 unspecified atom stereocenters. The summed E-state index contributed by atoms with van der Waals surface area (Å²) in [5, 5.41) is 0. The van der Waals surface area contributed by atoms with E-state index in [1.165, 1.54) is 11.1 Å². The average Bonchev–Trinajstić information content (AvgIpc) is 2.88. The summed E-state index contributed by atoms with van der Waals surface area (Å²) in [6.07, 6.45) is 11.3. The third kappa shape index (κ3) is 7.25. The first-order valence-electron chi connectivity index (χ1n) is 13.3. The molecule has 0 aromatic heterocycles. The molecule has 186 valence electrons. The van der Waals surface area contributed by atoms with Crippen molar-refractivity contribution in [2.45, 2.75) is 65.1 Å². The number of rotatable bonds is 9. The second-order valence-corrected chi connectivity index (χ2v) is 11.1. The number of hydrogen-bond acceptors (Lipinski definition) is 3. The summed E-state index contributed by atoms with van der Waals surface area (Å²) >= 11 is 0. The molecule has 4 rings (SSSR count). The topological polar surface area (TPSA) is 29.5 Å². The van der Waals surface area contributed by atoms with Crippen molar-refractivity contribution in [1.29, 1.82) is 0 Å². The number of Topliss-reactive ketones (excluding diaryl/α,β-unsaturated/α-hetero) is 1. The molecule has 1 fully saturated rings. The van der Waals surface area contributed by atoms with Gasteiger partial charge < -0.3 is 9.64 Å². The Morgan fingerprint density at radius 2 is 1.57 bits per heavy atom. The van der Waals surface area contributed by atoms with Gasteiger partial charge in [0.2, 0.25) is 0 Å². The van der Waals surface area contributed by atoms with Gasteiger partial charge in [0.15, 0.2) is 5.78 Å². The molecule has 35 heavy (non-hydrogen) atoms. The van der Waals surface area contributed by atoms with Gasteiger partial charge in [0.1, 0.15) is 6.10 Å². The Morgan fingerprint density at radius 3 is 2.09 bits per heavy atom. The maximum absolute atomic E-state index is 12.7. The summed E-state index contributed by atoms with van der Waals surface area (Å²) in [7, 11) is 0. The number of carbonyl (C=O) groups excluding carboxylic acids is 1. The van der Waals surface area contributed by atoms with Crippen LogP contribution in [0.4, 0.5) is 0 Å². The summed E-state index contributed by atoms with van der Waals surface area (Å²) in [5.41, 5.74) is 3.57. The standard InChI is InChI=1S/C32H41NO2/c1-32(2,3)28-18-16-25(17-19-28)30(34)15-10-22-33-23-20-29(21-24-33)35-31(26-11-6-4-7-12-26)27-13-8-5-9-14-27/h4-9,11-14,16-18,28-29,31H,10,15,19-24H2,1-3H3. The average molecular weight is 472 g/mol. The fourth-order valence-corrected chi connectivity index (χ4v) is 5.14. The van der Waals surface area contributed by atoms with Crippen LogP contribution >= 0.6 is 0 Å². The molecule has 3 nitrogen and oxygen atoms in total. The molecule has 0 bridgehead atoms. The zero-order valence-corrected chi connectivity index (χ0v) is 21.7. The summed E-state index contributed by atoms with van der Waals surface area (Å²) in [6, 6.07) is 21.1.